The summed E-state index contributed by atoms with van der Waals surface area (Å²) in [5, 5.41) is 6.32. The molecule has 0 aliphatic heterocycles. The Morgan fingerprint density at radius 1 is 1.32 bits per heavy atom. The first kappa shape index (κ1) is 13.6. The van der Waals surface area contributed by atoms with Crippen molar-refractivity contribution >= 4 is 10.0 Å². The van der Waals surface area contributed by atoms with E-state index in [-0.39, 0.29) is 12.3 Å². The molecule has 0 unspecified atom stereocenters. The Morgan fingerprint density at radius 2 is 2.05 bits per heavy atom. The fourth-order valence-corrected chi connectivity index (χ4v) is 2.69. The van der Waals surface area contributed by atoms with E-state index in [1.54, 1.807) is 12.4 Å². The fourth-order valence-electron chi connectivity index (χ4n) is 1.57. The summed E-state index contributed by atoms with van der Waals surface area (Å²) in [4.78, 5) is 7.80. The van der Waals surface area contributed by atoms with Crippen molar-refractivity contribution in [2.75, 3.05) is 12.8 Å². The van der Waals surface area contributed by atoms with Crippen LogP contribution in [0.2, 0.25) is 0 Å². The summed E-state index contributed by atoms with van der Waals surface area (Å²) in [5.41, 5.74) is 0.951. The number of rotatable bonds is 6. The lowest BCUT2D eigenvalue weighted by molar-refractivity contribution is 0.457. The number of nitrogens with one attached hydrogen (secondary N) is 1. The summed E-state index contributed by atoms with van der Waals surface area (Å²) >= 11 is 0. The highest BCUT2D eigenvalue weighted by Gasteiger charge is 2.18. The van der Waals surface area contributed by atoms with Crippen LogP contribution in [0.3, 0.4) is 0 Å². The maximum atomic E-state index is 12.1. The molecule has 0 aliphatic carbocycles. The quantitative estimate of drug-likeness (QED) is 0.817. The molecule has 102 valence electrons. The van der Waals surface area contributed by atoms with Crippen molar-refractivity contribution in [3.8, 4) is 0 Å². The molecule has 8 heteroatoms. The highest BCUT2D eigenvalue weighted by atomic mass is 32.2. The number of sulfonamides is 1. The number of nitrogens with zero attached hydrogens (tertiary/aromatic N) is 4. The Kier molecular flexibility index (Phi) is 4.23. The van der Waals surface area contributed by atoms with Crippen LogP contribution in [-0.2, 0) is 23.0 Å². The molecule has 0 bridgehead atoms. The third-order valence-corrected chi connectivity index (χ3v) is 4.51. The van der Waals surface area contributed by atoms with E-state index in [0.717, 1.165) is 5.56 Å². The van der Waals surface area contributed by atoms with Gasteiger partial charge in [-0.05, 0) is 24.1 Å². The highest BCUT2D eigenvalue weighted by molar-refractivity contribution is 7.89. The fraction of sp³-hybridized carbons (Fsp3) is 0.364. The Labute approximate surface area is 111 Å². The molecule has 2 aromatic heterocycles. The predicted octanol–water partition coefficient (Wildman–Crippen LogP) is 0.204. The first-order valence-corrected chi connectivity index (χ1v) is 7.36. The van der Waals surface area contributed by atoms with Crippen molar-refractivity contribution in [2.24, 2.45) is 0 Å². The average molecular weight is 281 g/mol. The lowest BCUT2D eigenvalue weighted by Gasteiger charge is -2.15. The zero-order valence-corrected chi connectivity index (χ0v) is 11.3. The normalized spacial score (nSPS) is 11.9. The SMILES string of the molecule is CN(Cc1ncn[nH]1)S(=O)(=O)CCc1ccncc1. The van der Waals surface area contributed by atoms with Crippen molar-refractivity contribution in [3.05, 3.63) is 42.2 Å². The molecule has 0 saturated heterocycles. The predicted molar refractivity (Wildman–Crippen MR) is 69.6 cm³/mol. The van der Waals surface area contributed by atoms with Gasteiger partial charge in [-0.15, -0.1) is 0 Å². The van der Waals surface area contributed by atoms with E-state index in [1.807, 2.05) is 12.1 Å². The molecule has 1 N–H and O–H groups in total. The van der Waals surface area contributed by atoms with Crippen LogP contribution in [0.1, 0.15) is 11.4 Å². The molecule has 0 atom stereocenters. The van der Waals surface area contributed by atoms with Crippen molar-refractivity contribution in [1.82, 2.24) is 24.5 Å². The molecule has 7 nitrogen and oxygen atoms in total. The Bertz CT molecular complexity index is 597. The van der Waals surface area contributed by atoms with Gasteiger partial charge >= 0.3 is 0 Å². The minimum Gasteiger partial charge on any atom is -0.265 e. The van der Waals surface area contributed by atoms with Gasteiger partial charge in [0.05, 0.1) is 12.3 Å². The molecule has 0 amide bonds. The highest BCUT2D eigenvalue weighted by Crippen LogP contribution is 2.06. The number of aromatic nitrogens is 4. The minimum atomic E-state index is -3.31. The molecule has 2 rings (SSSR count). The van der Waals surface area contributed by atoms with Crippen molar-refractivity contribution in [2.45, 2.75) is 13.0 Å². The van der Waals surface area contributed by atoms with E-state index in [9.17, 15) is 8.42 Å². The minimum absolute atomic E-state index is 0.0572. The van der Waals surface area contributed by atoms with Crippen LogP contribution in [0.4, 0.5) is 0 Å². The molecular weight excluding hydrogens is 266 g/mol. The van der Waals surface area contributed by atoms with Gasteiger partial charge in [-0.2, -0.15) is 9.40 Å². The van der Waals surface area contributed by atoms with Crippen LogP contribution >= 0.6 is 0 Å². The lowest BCUT2D eigenvalue weighted by atomic mass is 10.2. The summed E-state index contributed by atoms with van der Waals surface area (Å²) in [5.74, 6) is 0.580. The number of hydrogen-bond donors (Lipinski definition) is 1. The second kappa shape index (κ2) is 5.89. The number of hydrogen-bond acceptors (Lipinski definition) is 5. The van der Waals surface area contributed by atoms with Gasteiger partial charge in [0.25, 0.3) is 0 Å². The molecule has 0 aliphatic rings. The number of H-pyrrole nitrogens is 1. The van der Waals surface area contributed by atoms with E-state index >= 15 is 0 Å². The van der Waals surface area contributed by atoms with Crippen molar-refractivity contribution in [3.63, 3.8) is 0 Å². The van der Waals surface area contributed by atoms with Gasteiger partial charge < -0.3 is 0 Å². The summed E-state index contributed by atoms with van der Waals surface area (Å²) in [6.07, 6.45) is 5.12. The van der Waals surface area contributed by atoms with Gasteiger partial charge in [-0.25, -0.2) is 13.4 Å². The van der Waals surface area contributed by atoms with Crippen LogP contribution in [0.25, 0.3) is 0 Å². The maximum absolute atomic E-state index is 12.1. The third kappa shape index (κ3) is 3.83. The van der Waals surface area contributed by atoms with E-state index < -0.39 is 10.0 Å². The lowest BCUT2D eigenvalue weighted by Crippen LogP contribution is -2.30. The van der Waals surface area contributed by atoms with E-state index in [4.69, 9.17) is 0 Å². The van der Waals surface area contributed by atoms with Crippen molar-refractivity contribution in [1.29, 1.82) is 0 Å². The largest absolute Gasteiger partial charge is 0.265 e. The second-order valence-corrected chi connectivity index (χ2v) is 6.31. The van der Waals surface area contributed by atoms with E-state index in [1.165, 1.54) is 17.7 Å². The summed E-state index contributed by atoms with van der Waals surface area (Å²) < 4.78 is 25.4. The first-order valence-electron chi connectivity index (χ1n) is 5.75. The van der Waals surface area contributed by atoms with Gasteiger partial charge in [0.15, 0.2) is 0 Å². The average Bonchev–Trinajstić information content (AvgIpc) is 2.90. The zero-order chi connectivity index (χ0) is 13.7. The molecule has 19 heavy (non-hydrogen) atoms. The van der Waals surface area contributed by atoms with Gasteiger partial charge in [0.2, 0.25) is 10.0 Å². The summed E-state index contributed by atoms with van der Waals surface area (Å²) in [6.45, 7) is 0.193. The Hall–Kier alpha value is -1.80. The first-order chi connectivity index (χ1) is 9.08. The molecule has 0 saturated carbocycles. The Balaban J connectivity index is 1.94. The van der Waals surface area contributed by atoms with Crippen LogP contribution in [0.15, 0.2) is 30.9 Å². The zero-order valence-electron chi connectivity index (χ0n) is 10.5. The smallest absolute Gasteiger partial charge is 0.214 e. The van der Waals surface area contributed by atoms with Gasteiger partial charge in [-0.1, -0.05) is 0 Å². The number of aromatic amines is 1. The Morgan fingerprint density at radius 3 is 2.68 bits per heavy atom. The number of aryl methyl sites for hydroxylation is 1. The van der Waals surface area contributed by atoms with Crippen LogP contribution in [0.5, 0.6) is 0 Å². The van der Waals surface area contributed by atoms with Crippen LogP contribution in [0, 0.1) is 0 Å². The molecule has 0 radical (unpaired) electrons. The topological polar surface area (TPSA) is 91.8 Å². The van der Waals surface area contributed by atoms with Crippen LogP contribution in [-0.4, -0.2) is 45.7 Å². The maximum Gasteiger partial charge on any atom is 0.214 e. The molecule has 2 heterocycles. The van der Waals surface area contributed by atoms with E-state index in [0.29, 0.717) is 12.2 Å². The molecule has 0 fully saturated rings. The van der Waals surface area contributed by atoms with Crippen molar-refractivity contribution < 1.29 is 8.42 Å². The molecular formula is C11H15N5O2S. The van der Waals surface area contributed by atoms with Gasteiger partial charge in [0.1, 0.15) is 12.2 Å². The standard InChI is InChI=1S/C11H15N5O2S/c1-16(8-11-13-9-14-15-11)19(17,18)7-4-10-2-5-12-6-3-10/h2-3,5-6,9H,4,7-8H2,1H3,(H,13,14,15). The molecule has 0 aromatic carbocycles. The third-order valence-electron chi connectivity index (χ3n) is 2.71. The summed E-state index contributed by atoms with van der Waals surface area (Å²) in [7, 11) is -1.78. The van der Waals surface area contributed by atoms with Gasteiger partial charge in [0, 0.05) is 19.4 Å². The van der Waals surface area contributed by atoms with E-state index in [2.05, 4.69) is 20.2 Å². The van der Waals surface area contributed by atoms with Gasteiger partial charge in [-0.3, -0.25) is 10.1 Å². The number of pyridine rings is 1. The van der Waals surface area contributed by atoms with Crippen LogP contribution < -0.4 is 0 Å². The summed E-state index contributed by atoms with van der Waals surface area (Å²) in [6, 6.07) is 3.62. The molecule has 0 spiro atoms. The monoisotopic (exact) mass is 281 g/mol. The molecule has 2 aromatic rings. The second-order valence-electron chi connectivity index (χ2n) is 4.11.